The molecule has 15 nitrogen and oxygen atoms in total. The van der Waals surface area contributed by atoms with Crippen molar-refractivity contribution in [2.24, 2.45) is 0 Å². The zero-order valence-electron chi connectivity index (χ0n) is 82.4. The summed E-state index contributed by atoms with van der Waals surface area (Å²) in [6.45, 7) is 18.6. The Labute approximate surface area is 850 Å². The van der Waals surface area contributed by atoms with E-state index in [-0.39, 0.29) is 21.7 Å². The summed E-state index contributed by atoms with van der Waals surface area (Å²) in [6.07, 6.45) is 9.18. The first-order chi connectivity index (χ1) is 72.4. The van der Waals surface area contributed by atoms with Crippen molar-refractivity contribution in [1.82, 2.24) is 53.2 Å². The summed E-state index contributed by atoms with van der Waals surface area (Å²) in [5.74, 6) is 3.73. The Bertz CT molecular complexity index is 9220. The Kier molecular flexibility index (Phi) is 18.8. The molecule has 4 aliphatic rings. The summed E-state index contributed by atoms with van der Waals surface area (Å²) in [5.41, 5.74) is 44.0. The molecule has 0 saturated carbocycles. The molecule has 17 aromatic carbocycles. The molecule has 0 N–H and O–H groups in total. The Morgan fingerprint density at radius 2 is 0.473 bits per heavy atom. The molecule has 148 heavy (non-hydrogen) atoms. The fourth-order valence-electron chi connectivity index (χ4n) is 24.1. The molecule has 4 aliphatic heterocycles. The van der Waals surface area contributed by atoms with Crippen molar-refractivity contribution in [2.45, 2.75) is 77.0 Å². The first kappa shape index (κ1) is 86.0. The van der Waals surface area contributed by atoms with E-state index in [1.165, 1.54) is 128 Å². The lowest BCUT2D eigenvalue weighted by atomic mass is 9.74. The van der Waals surface area contributed by atoms with E-state index >= 15 is 0 Å². The van der Waals surface area contributed by atoms with Crippen molar-refractivity contribution in [2.75, 3.05) is 0 Å². The summed E-state index contributed by atoms with van der Waals surface area (Å²) >= 11 is 0. The minimum Gasteiger partial charge on any atom is -0.456 e. The van der Waals surface area contributed by atoms with Gasteiger partial charge in [-0.15, -0.1) is 0 Å². The van der Waals surface area contributed by atoms with Gasteiger partial charge in [-0.05, 0) is 271 Å². The first-order valence-corrected chi connectivity index (χ1v) is 50.5. The van der Waals surface area contributed by atoms with Gasteiger partial charge in [-0.1, -0.05) is 262 Å². The van der Waals surface area contributed by atoms with Crippen LogP contribution in [0.3, 0.4) is 0 Å². The van der Waals surface area contributed by atoms with Gasteiger partial charge in [0.2, 0.25) is 0 Å². The predicted molar refractivity (Wildman–Crippen MR) is 599 cm³/mol. The van der Waals surface area contributed by atoms with Crippen LogP contribution in [0, 0.1) is 0 Å². The second kappa shape index (κ2) is 32.4. The number of hydrogen-bond donors (Lipinski definition) is 0. The maximum Gasteiger partial charge on any atom is 0.164 e. The number of fused-ring (bicyclic) bond motifs is 20. The minimum absolute atomic E-state index is 0.165. The summed E-state index contributed by atoms with van der Waals surface area (Å²) in [5, 5.41) is 9.18. The van der Waals surface area contributed by atoms with E-state index in [1.54, 1.807) is 6.20 Å². The van der Waals surface area contributed by atoms with Gasteiger partial charge in [0.25, 0.3) is 0 Å². The molecule has 0 spiro atoms. The Hall–Kier alpha value is -18.7. The van der Waals surface area contributed by atoms with Crippen LogP contribution in [0.2, 0.25) is 0 Å². The summed E-state index contributed by atoms with van der Waals surface area (Å²) < 4.78 is 33.6. The number of imidazole rings is 4. The number of pyridine rings is 3. The number of aromatic nitrogens is 11. The van der Waals surface area contributed by atoms with Gasteiger partial charge in [-0.25, -0.2) is 19.9 Å². The highest BCUT2D eigenvalue weighted by Crippen LogP contribution is 2.55. The Morgan fingerprint density at radius 3 is 0.804 bits per heavy atom. The molecule has 0 fully saturated rings. The van der Waals surface area contributed by atoms with E-state index < -0.39 is 0 Å². The van der Waals surface area contributed by atoms with Gasteiger partial charge in [-0.3, -0.25) is 33.2 Å². The van der Waals surface area contributed by atoms with Crippen LogP contribution >= 0.6 is 0 Å². The average Bonchev–Trinajstić information content (AvgIpc) is 1.56. The molecule has 0 saturated heterocycles. The summed E-state index contributed by atoms with van der Waals surface area (Å²) in [4.78, 5) is 33.5. The van der Waals surface area contributed by atoms with Gasteiger partial charge >= 0.3 is 0 Å². The number of rotatable bonds is 8. The molecule has 11 aromatic heterocycles. The molecule has 0 aliphatic carbocycles. The smallest absolute Gasteiger partial charge is 0.164 e. The largest absolute Gasteiger partial charge is 0.456 e. The molecule has 28 aromatic rings. The lowest BCUT2D eigenvalue weighted by molar-refractivity contribution is 0.629. The van der Waals surface area contributed by atoms with Crippen molar-refractivity contribution in [3.63, 3.8) is 0 Å². The number of benzene rings is 17. The van der Waals surface area contributed by atoms with Crippen LogP contribution in [0.15, 0.2) is 437 Å². The third-order valence-electron chi connectivity index (χ3n) is 31.7. The van der Waals surface area contributed by atoms with Gasteiger partial charge in [0.1, 0.15) is 67.8 Å². The van der Waals surface area contributed by atoms with Crippen molar-refractivity contribution in [3.05, 3.63) is 464 Å². The zero-order valence-corrected chi connectivity index (χ0v) is 82.4. The van der Waals surface area contributed by atoms with E-state index in [4.69, 9.17) is 37.6 Å². The molecule has 0 radical (unpaired) electrons. The van der Waals surface area contributed by atoms with Crippen LogP contribution in [-0.4, -0.2) is 53.2 Å². The highest BCUT2D eigenvalue weighted by Gasteiger charge is 2.42. The average molecular weight is 1910 g/mol. The quantitative estimate of drug-likeness (QED) is 0.142. The maximum absolute atomic E-state index is 6.07. The Balaban J connectivity index is 0.0000000930. The van der Waals surface area contributed by atoms with Crippen LogP contribution < -0.4 is 0 Å². The van der Waals surface area contributed by atoms with Gasteiger partial charge in [0, 0.05) is 112 Å². The SMILES string of the molecule is CC1(C)c2cc(-c3ccc4oc5ccccc5c4c3)ccc2-n2c(-c3ccccc3)nc3cccc1c32.CC1(C)c2cc(-c3ccc4oc5ccccc5c4c3)ccc2-n2c(-c3ccccn3)nc3cccc1c32.CC1(C)c2cc(-c3ccc4oc5ccccc5c4c3)ccc2-n2c(-c3cccnc3)nc3cccc1c32.CC1(C)c2cc(-c3ccc4oc5ccccc5c4c3)ccc2-n2c(-c3ccncc3)nc3cccc1c32. The summed E-state index contributed by atoms with van der Waals surface area (Å²) in [6, 6.07) is 137. The molecule has 0 amide bonds. The maximum atomic E-state index is 6.07. The van der Waals surface area contributed by atoms with Crippen LogP contribution in [0.5, 0.6) is 0 Å². The van der Waals surface area contributed by atoms with Gasteiger partial charge < -0.3 is 17.7 Å². The monoisotopic (exact) mass is 1910 g/mol. The highest BCUT2D eigenvalue weighted by atomic mass is 16.3. The van der Waals surface area contributed by atoms with E-state index in [0.717, 1.165) is 161 Å². The standard InChI is InChI=1S/C34H24N2O.3C33H23N3O/c1-34(2)26-12-8-13-28-32(26)36(33(35-28)21-9-4-3-5-10-21)29-17-15-23(20-27(29)34)22-16-18-31-25(19-22)24-11-6-7-14-30(24)37-31;1-33(2)25-9-5-10-27-31(25)36(32(35-27)22-7-6-16-34-19-22)28-14-12-21(18-26(28)33)20-13-15-30-24(17-20)23-8-3-4-11-29(23)37-30;1-33(2)24-9-7-11-26-31(24)36(32(35-26)27-10-5-6-17-34-27)28-15-13-21(19-25(28)33)20-14-16-30-23(18-20)22-8-3-4-12-29(22)37-30;1-33(2)25-7-5-8-27-31(25)36(32(35-27)20-14-16-34-17-15-20)28-12-10-22(19-26(28)33)21-11-13-30-24(18-21)23-6-3-4-9-29(23)37-30/h3-20H,1-2H3;3*3-19H,1-2H3. The molecular weight excluding hydrogens is 1820 g/mol. The molecule has 15 heteroatoms. The number of para-hydroxylation sites is 8. The van der Waals surface area contributed by atoms with Crippen LogP contribution in [0.25, 0.3) is 245 Å². The van der Waals surface area contributed by atoms with Crippen molar-refractivity contribution < 1.29 is 17.7 Å². The normalized spacial score (nSPS) is 13.9. The van der Waals surface area contributed by atoms with Crippen molar-refractivity contribution in [1.29, 1.82) is 0 Å². The summed E-state index contributed by atoms with van der Waals surface area (Å²) in [7, 11) is 0. The second-order valence-electron chi connectivity index (χ2n) is 41.5. The first-order valence-electron chi connectivity index (χ1n) is 50.5. The Morgan fingerprint density at radius 1 is 0.189 bits per heavy atom. The van der Waals surface area contributed by atoms with Gasteiger partial charge in [0.15, 0.2) is 5.82 Å². The number of nitrogens with zero attached hydrogens (tertiary/aromatic N) is 11. The van der Waals surface area contributed by atoms with E-state index in [2.05, 4.69) is 392 Å². The topological polar surface area (TPSA) is 163 Å². The number of furan rings is 4. The van der Waals surface area contributed by atoms with Crippen LogP contribution in [-0.2, 0) is 21.7 Å². The number of hydrogen-bond acceptors (Lipinski definition) is 11. The van der Waals surface area contributed by atoms with Gasteiger partial charge in [0.05, 0.1) is 66.9 Å². The van der Waals surface area contributed by atoms with E-state index in [9.17, 15) is 0 Å². The molecule has 704 valence electrons. The molecule has 0 unspecified atom stereocenters. The van der Waals surface area contributed by atoms with Crippen LogP contribution in [0.4, 0.5) is 0 Å². The van der Waals surface area contributed by atoms with Crippen molar-refractivity contribution in [3.8, 4) is 113 Å². The second-order valence-corrected chi connectivity index (χ2v) is 41.5. The minimum atomic E-state index is -0.186. The molecule has 32 rings (SSSR count). The van der Waals surface area contributed by atoms with Crippen molar-refractivity contribution >= 4 is 132 Å². The lowest BCUT2D eigenvalue weighted by Crippen LogP contribution is -2.26. The fraction of sp³-hybridized carbons (Fsp3) is 0.0902. The van der Waals surface area contributed by atoms with E-state index in [0.29, 0.717) is 0 Å². The molecular formula is C133H93N11O4. The fourth-order valence-corrected chi connectivity index (χ4v) is 24.1. The molecule has 0 atom stereocenters. The van der Waals surface area contributed by atoms with Gasteiger partial charge in [-0.2, -0.15) is 0 Å². The lowest BCUT2D eigenvalue weighted by Gasteiger charge is -2.35. The third-order valence-corrected chi connectivity index (χ3v) is 31.7. The zero-order chi connectivity index (χ0) is 98.9. The van der Waals surface area contributed by atoms with Crippen LogP contribution in [0.1, 0.15) is 99.9 Å². The molecule has 0 bridgehead atoms. The highest BCUT2D eigenvalue weighted by molar-refractivity contribution is 6.11. The predicted octanol–water partition coefficient (Wildman–Crippen LogP) is 33.8. The molecule has 15 heterocycles. The van der Waals surface area contributed by atoms with E-state index in [1.807, 2.05) is 110 Å². The third kappa shape index (κ3) is 13.1.